The average molecular weight is 268 g/mol. The lowest BCUT2D eigenvalue weighted by Crippen LogP contribution is -1.85. The van der Waals surface area contributed by atoms with Crippen molar-refractivity contribution in [1.29, 1.82) is 0 Å². The number of carbonyl (C=O) groups excluding carboxylic acids is 1. The molecule has 1 amide bonds. The summed E-state index contributed by atoms with van der Waals surface area (Å²) in [5, 5.41) is 2.20. The number of nitroso groups, excluding NO2 is 1. The summed E-state index contributed by atoms with van der Waals surface area (Å²) in [6.45, 7) is 0. The van der Waals surface area contributed by atoms with E-state index in [9.17, 15) is 9.70 Å². The topological polar surface area (TPSA) is 71.8 Å². The van der Waals surface area contributed by atoms with Gasteiger partial charge in [-0.2, -0.15) is 0 Å². The van der Waals surface area contributed by atoms with Crippen molar-refractivity contribution in [3.63, 3.8) is 0 Å². The van der Waals surface area contributed by atoms with Gasteiger partial charge in [0.25, 0.3) is 0 Å². The van der Waals surface area contributed by atoms with Crippen LogP contribution in [0.15, 0.2) is 45.4 Å². The smallest absolute Gasteiger partial charge is 0.264 e. The maximum Gasteiger partial charge on any atom is 0.312 e. The minimum Gasteiger partial charge on any atom is -0.264 e. The van der Waals surface area contributed by atoms with E-state index in [1.807, 2.05) is 0 Å². The van der Waals surface area contributed by atoms with E-state index < -0.39 is 5.91 Å². The Morgan fingerprint density at radius 1 is 1.53 bits per heavy atom. The van der Waals surface area contributed by atoms with Crippen molar-refractivity contribution in [2.45, 2.75) is 0 Å². The predicted molar refractivity (Wildman–Crippen MR) is 59.6 cm³/mol. The van der Waals surface area contributed by atoms with Crippen LogP contribution in [0.4, 0.5) is 0 Å². The standard InChI is InChI=1S/C9H6BrN3O2/c10-8(4-9(14)13-15)12-6-7-2-1-3-11-5-7/h1-6H/b8-4+,12-6?. The molecule has 0 saturated carbocycles. The summed E-state index contributed by atoms with van der Waals surface area (Å²) in [5.41, 5.74) is 0.786. The number of hydrogen-bond acceptors (Lipinski definition) is 4. The van der Waals surface area contributed by atoms with Crippen LogP contribution < -0.4 is 0 Å². The van der Waals surface area contributed by atoms with Crippen molar-refractivity contribution in [3.05, 3.63) is 45.7 Å². The lowest BCUT2D eigenvalue weighted by atomic mass is 10.3. The van der Waals surface area contributed by atoms with Gasteiger partial charge in [-0.15, -0.1) is 4.91 Å². The van der Waals surface area contributed by atoms with Crippen LogP contribution >= 0.6 is 15.9 Å². The Morgan fingerprint density at radius 3 is 2.93 bits per heavy atom. The second-order valence-corrected chi connectivity index (χ2v) is 3.25. The van der Waals surface area contributed by atoms with Gasteiger partial charge in [-0.25, -0.2) is 4.99 Å². The molecule has 0 aliphatic carbocycles. The zero-order valence-corrected chi connectivity index (χ0v) is 9.09. The maximum atomic E-state index is 10.6. The molecular weight excluding hydrogens is 262 g/mol. The molecule has 0 fully saturated rings. The number of aromatic nitrogens is 1. The summed E-state index contributed by atoms with van der Waals surface area (Å²) in [6, 6.07) is 3.56. The van der Waals surface area contributed by atoms with Crippen molar-refractivity contribution in [2.75, 3.05) is 0 Å². The van der Waals surface area contributed by atoms with Gasteiger partial charge in [0.05, 0.1) is 0 Å². The highest BCUT2D eigenvalue weighted by Crippen LogP contribution is 2.06. The lowest BCUT2D eigenvalue weighted by molar-refractivity contribution is -0.113. The first-order chi connectivity index (χ1) is 7.22. The Morgan fingerprint density at radius 2 is 2.33 bits per heavy atom. The molecule has 0 radical (unpaired) electrons. The highest BCUT2D eigenvalue weighted by atomic mass is 79.9. The first-order valence-corrected chi connectivity index (χ1v) is 4.70. The molecule has 0 unspecified atom stereocenters. The van der Waals surface area contributed by atoms with Crippen molar-refractivity contribution < 1.29 is 4.79 Å². The van der Waals surface area contributed by atoms with Crippen LogP contribution in [0.2, 0.25) is 0 Å². The molecule has 1 aromatic heterocycles. The van der Waals surface area contributed by atoms with E-state index in [0.29, 0.717) is 0 Å². The number of amides is 1. The van der Waals surface area contributed by atoms with Gasteiger partial charge < -0.3 is 0 Å². The minimum atomic E-state index is -0.884. The number of halogens is 1. The fraction of sp³-hybridized carbons (Fsp3) is 0. The molecule has 0 aliphatic rings. The van der Waals surface area contributed by atoms with E-state index in [4.69, 9.17) is 0 Å². The van der Waals surface area contributed by atoms with Crippen molar-refractivity contribution >= 4 is 28.1 Å². The molecule has 1 aromatic rings. The van der Waals surface area contributed by atoms with Gasteiger partial charge in [-0.05, 0) is 22.0 Å². The lowest BCUT2D eigenvalue weighted by Gasteiger charge is -1.89. The number of carbonyl (C=O) groups is 1. The van der Waals surface area contributed by atoms with Crippen LogP contribution in [-0.4, -0.2) is 17.1 Å². The fourth-order valence-corrected chi connectivity index (χ4v) is 1.05. The summed E-state index contributed by atoms with van der Waals surface area (Å²) in [4.78, 5) is 28.1. The van der Waals surface area contributed by atoms with Crippen LogP contribution in [-0.2, 0) is 4.79 Å². The molecule has 1 rings (SSSR count). The zero-order chi connectivity index (χ0) is 11.1. The fourth-order valence-electron chi connectivity index (χ4n) is 0.754. The van der Waals surface area contributed by atoms with E-state index in [0.717, 1.165) is 11.6 Å². The van der Waals surface area contributed by atoms with Crippen molar-refractivity contribution in [2.24, 2.45) is 10.2 Å². The zero-order valence-electron chi connectivity index (χ0n) is 7.50. The Balaban J connectivity index is 2.70. The number of nitrogens with zero attached hydrogens (tertiary/aromatic N) is 3. The van der Waals surface area contributed by atoms with Gasteiger partial charge >= 0.3 is 5.91 Å². The third-order valence-corrected chi connectivity index (χ3v) is 1.79. The van der Waals surface area contributed by atoms with E-state index in [2.05, 4.69) is 31.1 Å². The van der Waals surface area contributed by atoms with E-state index in [-0.39, 0.29) is 4.61 Å². The first-order valence-electron chi connectivity index (χ1n) is 3.91. The van der Waals surface area contributed by atoms with Crippen LogP contribution in [0.5, 0.6) is 0 Å². The third-order valence-electron chi connectivity index (χ3n) is 1.35. The third kappa shape index (κ3) is 4.37. The predicted octanol–water partition coefficient (Wildman–Crippen LogP) is 2.03. The second kappa shape index (κ2) is 5.92. The molecule has 0 atom stereocenters. The highest BCUT2D eigenvalue weighted by Gasteiger charge is 1.95. The summed E-state index contributed by atoms with van der Waals surface area (Å²) < 4.78 is 0.232. The van der Waals surface area contributed by atoms with Gasteiger partial charge in [0, 0.05) is 35.4 Å². The molecule has 1 heterocycles. The molecule has 0 bridgehead atoms. The van der Waals surface area contributed by atoms with E-state index in [1.165, 1.54) is 6.21 Å². The highest BCUT2D eigenvalue weighted by molar-refractivity contribution is 9.11. The molecule has 15 heavy (non-hydrogen) atoms. The molecular formula is C9H6BrN3O2. The van der Waals surface area contributed by atoms with Gasteiger partial charge in [0.2, 0.25) is 0 Å². The molecule has 6 heteroatoms. The normalized spacial score (nSPS) is 11.7. The number of hydrogen-bond donors (Lipinski definition) is 0. The summed E-state index contributed by atoms with van der Waals surface area (Å²) in [5.74, 6) is -0.884. The Bertz CT molecular complexity index is 415. The number of pyridine rings is 1. The Labute approximate surface area is 94.0 Å². The van der Waals surface area contributed by atoms with Gasteiger partial charge in [-0.1, -0.05) is 6.07 Å². The summed E-state index contributed by atoms with van der Waals surface area (Å²) in [6.07, 6.45) is 5.75. The average Bonchev–Trinajstić information content (AvgIpc) is 2.27. The molecule has 5 nitrogen and oxygen atoms in total. The molecule has 0 saturated heterocycles. The largest absolute Gasteiger partial charge is 0.312 e. The number of rotatable bonds is 3. The second-order valence-electron chi connectivity index (χ2n) is 2.44. The molecule has 0 aliphatic heterocycles. The van der Waals surface area contributed by atoms with Crippen LogP contribution in [0, 0.1) is 4.91 Å². The van der Waals surface area contributed by atoms with Crippen LogP contribution in [0.3, 0.4) is 0 Å². The monoisotopic (exact) mass is 267 g/mol. The first kappa shape index (κ1) is 11.4. The van der Waals surface area contributed by atoms with Gasteiger partial charge in [0.15, 0.2) is 0 Å². The van der Waals surface area contributed by atoms with Crippen molar-refractivity contribution in [1.82, 2.24) is 4.98 Å². The molecule has 0 N–H and O–H groups in total. The molecule has 0 spiro atoms. The molecule has 0 aromatic carbocycles. The SMILES string of the molecule is O=NC(=O)/C=C(\Br)N=Cc1cccnc1. The Kier molecular flexibility index (Phi) is 4.49. The van der Waals surface area contributed by atoms with Gasteiger partial charge in [-0.3, -0.25) is 9.78 Å². The number of aliphatic imine (C=N–C) groups is 1. The molecule has 76 valence electrons. The van der Waals surface area contributed by atoms with E-state index in [1.54, 1.807) is 24.5 Å². The summed E-state index contributed by atoms with van der Waals surface area (Å²) in [7, 11) is 0. The van der Waals surface area contributed by atoms with Gasteiger partial charge in [0.1, 0.15) is 4.61 Å². The summed E-state index contributed by atoms with van der Waals surface area (Å²) >= 11 is 3.00. The van der Waals surface area contributed by atoms with Crippen molar-refractivity contribution in [3.8, 4) is 0 Å². The van der Waals surface area contributed by atoms with E-state index >= 15 is 0 Å². The Hall–Kier alpha value is -1.69. The quantitative estimate of drug-likeness (QED) is 0.364. The van der Waals surface area contributed by atoms with Crippen LogP contribution in [0.25, 0.3) is 0 Å². The minimum absolute atomic E-state index is 0.232. The maximum absolute atomic E-state index is 10.6. The van der Waals surface area contributed by atoms with Crippen LogP contribution in [0.1, 0.15) is 5.56 Å².